The van der Waals surface area contributed by atoms with Gasteiger partial charge in [0, 0.05) is 53.6 Å². The van der Waals surface area contributed by atoms with E-state index in [0.29, 0.717) is 50.0 Å². The summed E-state index contributed by atoms with van der Waals surface area (Å²) in [6, 6.07) is 25.8. The van der Waals surface area contributed by atoms with E-state index >= 15 is 0 Å². The lowest BCUT2D eigenvalue weighted by Crippen LogP contribution is -2.39. The number of likely N-dealkylation sites (tertiary alicyclic amines) is 1. The lowest BCUT2D eigenvalue weighted by Gasteiger charge is -2.32. The second kappa shape index (κ2) is 17.9. The van der Waals surface area contributed by atoms with E-state index < -0.39 is 5.97 Å². The summed E-state index contributed by atoms with van der Waals surface area (Å²) in [6.45, 7) is 2.42. The Labute approximate surface area is 354 Å². The molecule has 0 bridgehead atoms. The van der Waals surface area contributed by atoms with Gasteiger partial charge in [-0.25, -0.2) is 4.79 Å². The number of nitrogens with zero attached hydrogens (tertiary/aromatic N) is 2. The van der Waals surface area contributed by atoms with Gasteiger partial charge >= 0.3 is 5.97 Å². The van der Waals surface area contributed by atoms with E-state index in [2.05, 4.69) is 20.9 Å². The number of carbonyl (C=O) groups excluding carboxylic acids is 2. The summed E-state index contributed by atoms with van der Waals surface area (Å²) in [5, 5.41) is 30.5. The first kappa shape index (κ1) is 41.2. The minimum absolute atomic E-state index is 0.0524. The Balaban J connectivity index is 1.000. The summed E-state index contributed by atoms with van der Waals surface area (Å²) in [5.74, 6) is -1.46. The minimum atomic E-state index is -1.21. The molecule has 4 aromatic carbocycles. The molecular formula is C44H39Cl2N5O7S. The first-order valence-electron chi connectivity index (χ1n) is 18.8. The third-order valence-electron chi connectivity index (χ3n) is 10.3. The molecule has 1 saturated heterocycles. The van der Waals surface area contributed by atoms with Gasteiger partial charge in [-0.05, 0) is 116 Å². The maximum absolute atomic E-state index is 13.5. The molecule has 1 fully saturated rings. The largest absolute Gasteiger partial charge is 0.508 e. The van der Waals surface area contributed by atoms with Crippen molar-refractivity contribution < 1.29 is 29.0 Å². The van der Waals surface area contributed by atoms with E-state index in [4.69, 9.17) is 39.8 Å². The Morgan fingerprint density at radius 2 is 1.59 bits per heavy atom. The minimum Gasteiger partial charge on any atom is -0.508 e. The number of carbonyl (C=O) groups is 3. The number of hydrogen-bond donors (Lipinski definition) is 5. The molecule has 15 heteroatoms. The Bertz CT molecular complexity index is 2610. The van der Waals surface area contributed by atoms with Crippen LogP contribution in [0.4, 0.5) is 11.4 Å². The third kappa shape index (κ3) is 9.67. The van der Waals surface area contributed by atoms with Gasteiger partial charge in [-0.15, -0.1) is 0 Å². The van der Waals surface area contributed by atoms with E-state index in [-0.39, 0.29) is 64.0 Å². The first-order valence-corrected chi connectivity index (χ1v) is 19.9. The standard InChI is InChI=1S/C44H39Cl2N5O7S/c1-50(41(55)19-25-4-15-35(45)36(46)18-25)37(24-51-16-2-3-17-51)26-5-7-27(8-6-26)48-40(54)23-47-44(59)49-28-9-12-31(34(20-28)43(56)57)42-32-13-10-29(52)21-38(32)58-39-22-30(53)11-14-33(39)42/h4-15,18,20-22,37,52H,2-3,16-17,19,23-24H2,1H3,(H,48,54)(H,56,57)(H2,47,49,59)/t37-/m1/s1. The summed E-state index contributed by atoms with van der Waals surface area (Å²) in [5.41, 5.74) is 3.92. The van der Waals surface area contributed by atoms with Crippen LogP contribution in [0.3, 0.4) is 0 Å². The average molecular weight is 853 g/mol. The smallest absolute Gasteiger partial charge is 0.336 e. The number of amides is 2. The fourth-order valence-corrected chi connectivity index (χ4v) is 7.79. The van der Waals surface area contributed by atoms with Crippen molar-refractivity contribution in [2.45, 2.75) is 25.3 Å². The maximum Gasteiger partial charge on any atom is 0.336 e. The lowest BCUT2D eigenvalue weighted by molar-refractivity contribution is -0.131. The highest BCUT2D eigenvalue weighted by Crippen LogP contribution is 2.42. The number of aromatic hydroxyl groups is 1. The molecule has 0 radical (unpaired) electrons. The molecule has 2 amide bonds. The molecule has 302 valence electrons. The van der Waals surface area contributed by atoms with Crippen LogP contribution < -0.4 is 21.4 Å². The highest BCUT2D eigenvalue weighted by molar-refractivity contribution is 7.80. The summed E-state index contributed by atoms with van der Waals surface area (Å²) < 4.78 is 5.91. The van der Waals surface area contributed by atoms with Crippen molar-refractivity contribution in [2.24, 2.45) is 0 Å². The number of anilines is 2. The van der Waals surface area contributed by atoms with Gasteiger partial charge in [0.15, 0.2) is 10.5 Å². The van der Waals surface area contributed by atoms with Crippen molar-refractivity contribution in [3.05, 3.63) is 134 Å². The maximum atomic E-state index is 13.5. The molecule has 0 unspecified atom stereocenters. The molecular weight excluding hydrogens is 813 g/mol. The molecule has 7 rings (SSSR count). The van der Waals surface area contributed by atoms with Crippen molar-refractivity contribution in [1.82, 2.24) is 15.1 Å². The number of carboxylic acids is 1. The zero-order valence-electron chi connectivity index (χ0n) is 31.8. The lowest BCUT2D eigenvalue weighted by atomic mass is 9.90. The third-order valence-corrected chi connectivity index (χ3v) is 11.3. The zero-order chi connectivity index (χ0) is 41.8. The van der Waals surface area contributed by atoms with Crippen LogP contribution in [0.15, 0.2) is 106 Å². The molecule has 59 heavy (non-hydrogen) atoms. The molecule has 0 spiro atoms. The van der Waals surface area contributed by atoms with Crippen LogP contribution in [0, 0.1) is 0 Å². The topological polar surface area (TPSA) is 164 Å². The number of benzene rings is 5. The van der Waals surface area contributed by atoms with Crippen LogP contribution in [-0.4, -0.2) is 76.1 Å². The number of nitrogens with one attached hydrogen (secondary N) is 3. The van der Waals surface area contributed by atoms with Crippen LogP contribution in [0.25, 0.3) is 33.4 Å². The Morgan fingerprint density at radius 3 is 2.32 bits per heavy atom. The molecule has 5 N–H and O–H groups in total. The number of likely N-dealkylation sites (N-methyl/N-ethyl adjacent to an activating group) is 1. The number of halogens is 2. The van der Waals surface area contributed by atoms with E-state index in [1.54, 1.807) is 66.5 Å². The van der Waals surface area contributed by atoms with Gasteiger partial charge in [0.25, 0.3) is 0 Å². The van der Waals surface area contributed by atoms with Gasteiger partial charge in [0.05, 0.1) is 34.6 Å². The van der Waals surface area contributed by atoms with Crippen LogP contribution in [0.2, 0.25) is 10.0 Å². The predicted molar refractivity (Wildman–Crippen MR) is 234 cm³/mol. The highest BCUT2D eigenvalue weighted by Gasteiger charge is 2.27. The van der Waals surface area contributed by atoms with Gasteiger partial charge in [-0.2, -0.15) is 0 Å². The summed E-state index contributed by atoms with van der Waals surface area (Å²) in [4.78, 5) is 55.3. The summed E-state index contributed by atoms with van der Waals surface area (Å²) in [7, 11) is 1.80. The zero-order valence-corrected chi connectivity index (χ0v) is 34.1. The van der Waals surface area contributed by atoms with Gasteiger partial charge in [-0.1, -0.05) is 47.5 Å². The van der Waals surface area contributed by atoms with Crippen molar-refractivity contribution in [3.63, 3.8) is 0 Å². The number of hydrogen-bond acceptors (Lipinski definition) is 8. The predicted octanol–water partition coefficient (Wildman–Crippen LogP) is 8.04. The average Bonchev–Trinajstić information content (AvgIpc) is 3.73. The van der Waals surface area contributed by atoms with Crippen molar-refractivity contribution in [2.75, 3.05) is 43.9 Å². The first-order chi connectivity index (χ1) is 28.3. The van der Waals surface area contributed by atoms with E-state index in [0.717, 1.165) is 37.1 Å². The van der Waals surface area contributed by atoms with Crippen LogP contribution in [0.1, 0.15) is 40.4 Å². The van der Waals surface area contributed by atoms with Crippen molar-refractivity contribution in [1.29, 1.82) is 0 Å². The molecule has 12 nitrogen and oxygen atoms in total. The molecule has 2 heterocycles. The molecule has 0 aromatic heterocycles. The quantitative estimate of drug-likeness (QED) is 0.0598. The van der Waals surface area contributed by atoms with E-state index in [9.17, 15) is 29.4 Å². The van der Waals surface area contributed by atoms with Crippen molar-refractivity contribution >= 4 is 80.7 Å². The van der Waals surface area contributed by atoms with Crippen LogP contribution in [-0.2, 0) is 16.0 Å². The molecule has 2 aliphatic heterocycles. The fourth-order valence-electron chi connectivity index (χ4n) is 7.28. The number of phenolic OH excluding ortho intramolecular Hbond substituents is 1. The molecule has 3 aliphatic rings. The number of phenols is 1. The van der Waals surface area contributed by atoms with Gasteiger partial charge in [0.1, 0.15) is 17.1 Å². The molecule has 1 atom stereocenters. The Hall–Kier alpha value is -5.99. The second-order valence-corrected chi connectivity index (χ2v) is 15.5. The number of fused-ring (bicyclic) bond motifs is 2. The van der Waals surface area contributed by atoms with Gasteiger partial charge < -0.3 is 40.4 Å². The molecule has 0 saturated carbocycles. The number of thiocarbonyl (C=S) groups is 1. The summed E-state index contributed by atoms with van der Waals surface area (Å²) in [6.07, 6.45) is 2.40. The Morgan fingerprint density at radius 1 is 0.864 bits per heavy atom. The van der Waals surface area contributed by atoms with Gasteiger partial charge in [-0.3, -0.25) is 14.4 Å². The fraction of sp³-hybridized carbons (Fsp3) is 0.205. The van der Waals surface area contributed by atoms with Crippen LogP contribution in [0.5, 0.6) is 5.75 Å². The van der Waals surface area contributed by atoms with Crippen LogP contribution >= 0.6 is 35.4 Å². The molecule has 4 aromatic rings. The number of aromatic carboxylic acids is 1. The number of carboxylic acid groups (broad SMARTS) is 1. The summed E-state index contributed by atoms with van der Waals surface area (Å²) >= 11 is 17.7. The SMILES string of the molecule is CN(C(=O)Cc1ccc(Cl)c(Cl)c1)[C@H](CN1CCCC1)c1ccc(NC(=O)CNC(=S)Nc2ccc(-c3c4ccc(=O)cc-4oc4cc(O)ccc34)c(C(=O)O)c2)cc1. The second-order valence-electron chi connectivity index (χ2n) is 14.3. The molecule has 1 aliphatic carbocycles. The Kier molecular flexibility index (Phi) is 12.5. The van der Waals surface area contributed by atoms with E-state index in [1.807, 2.05) is 12.1 Å². The van der Waals surface area contributed by atoms with E-state index in [1.165, 1.54) is 30.3 Å². The van der Waals surface area contributed by atoms with Gasteiger partial charge in [0.2, 0.25) is 11.8 Å². The normalized spacial score (nSPS) is 13.3. The number of rotatable bonds is 12. The van der Waals surface area contributed by atoms with Crippen molar-refractivity contribution in [3.8, 4) is 28.2 Å². The monoisotopic (exact) mass is 851 g/mol. The highest BCUT2D eigenvalue weighted by atomic mass is 35.5.